The van der Waals surface area contributed by atoms with Gasteiger partial charge in [-0.3, -0.25) is 0 Å². The Balaban J connectivity index is 2.24. The number of aliphatic hydroxyl groups is 1. The van der Waals surface area contributed by atoms with Crippen LogP contribution >= 0.6 is 11.6 Å². The molecule has 0 bridgehead atoms. The second-order valence-corrected chi connectivity index (χ2v) is 4.97. The molecule has 1 atom stereocenters. The molecule has 94 valence electrons. The third-order valence-electron chi connectivity index (χ3n) is 3.30. The quantitative estimate of drug-likeness (QED) is 0.861. The van der Waals surface area contributed by atoms with Crippen molar-refractivity contribution in [3.05, 3.63) is 28.8 Å². The van der Waals surface area contributed by atoms with Gasteiger partial charge in [0.25, 0.3) is 0 Å². The Morgan fingerprint density at radius 2 is 2.35 bits per heavy atom. The summed E-state index contributed by atoms with van der Waals surface area (Å²) in [6, 6.07) is 6.02. The Morgan fingerprint density at radius 1 is 1.53 bits per heavy atom. The minimum atomic E-state index is 0.266. The van der Waals surface area contributed by atoms with Crippen molar-refractivity contribution in [2.75, 3.05) is 31.6 Å². The van der Waals surface area contributed by atoms with Gasteiger partial charge in [0, 0.05) is 32.2 Å². The third kappa shape index (κ3) is 2.73. The number of benzene rings is 1. The average Bonchev–Trinajstić information content (AvgIpc) is 2.78. The molecule has 1 fully saturated rings. The van der Waals surface area contributed by atoms with Gasteiger partial charge in [-0.2, -0.15) is 0 Å². The Labute approximate surface area is 107 Å². The molecular weight excluding hydrogens is 236 g/mol. The van der Waals surface area contributed by atoms with E-state index in [4.69, 9.17) is 11.6 Å². The van der Waals surface area contributed by atoms with Crippen LogP contribution in [0, 0.1) is 5.92 Å². The Hall–Kier alpha value is -0.770. The highest BCUT2D eigenvalue weighted by molar-refractivity contribution is 6.33. The van der Waals surface area contributed by atoms with Crippen molar-refractivity contribution in [1.29, 1.82) is 0 Å². The first kappa shape index (κ1) is 12.7. The van der Waals surface area contributed by atoms with Crippen LogP contribution in [0.1, 0.15) is 12.0 Å². The second kappa shape index (κ2) is 5.71. The molecule has 0 aliphatic carbocycles. The van der Waals surface area contributed by atoms with E-state index in [1.165, 1.54) is 5.56 Å². The molecule has 1 heterocycles. The lowest BCUT2D eigenvalue weighted by Gasteiger charge is -2.23. The zero-order valence-corrected chi connectivity index (χ0v) is 10.9. The molecule has 2 rings (SSSR count). The molecule has 1 aromatic rings. The first-order valence-corrected chi connectivity index (χ1v) is 6.42. The highest BCUT2D eigenvalue weighted by atomic mass is 35.5. The van der Waals surface area contributed by atoms with Gasteiger partial charge in [0.15, 0.2) is 0 Å². The summed E-state index contributed by atoms with van der Waals surface area (Å²) in [7, 11) is 1.94. The second-order valence-electron chi connectivity index (χ2n) is 4.56. The first-order chi connectivity index (χ1) is 8.26. The van der Waals surface area contributed by atoms with E-state index in [2.05, 4.69) is 16.3 Å². The minimum Gasteiger partial charge on any atom is -0.396 e. The molecule has 0 saturated carbocycles. The number of rotatable bonds is 4. The van der Waals surface area contributed by atoms with Crippen LogP contribution in [0.5, 0.6) is 0 Å². The van der Waals surface area contributed by atoms with Crippen molar-refractivity contribution in [3.63, 3.8) is 0 Å². The number of nitrogens with one attached hydrogen (secondary N) is 1. The van der Waals surface area contributed by atoms with E-state index >= 15 is 0 Å². The summed E-state index contributed by atoms with van der Waals surface area (Å²) in [6.07, 6.45) is 1.04. The highest BCUT2D eigenvalue weighted by Gasteiger charge is 2.24. The molecule has 0 spiro atoms. The van der Waals surface area contributed by atoms with Gasteiger partial charge < -0.3 is 15.3 Å². The predicted octanol–water partition coefficient (Wildman–Crippen LogP) is 1.88. The highest BCUT2D eigenvalue weighted by Crippen LogP contribution is 2.33. The number of aliphatic hydroxyl groups excluding tert-OH is 1. The summed E-state index contributed by atoms with van der Waals surface area (Å²) in [5.74, 6) is 0.383. The molecule has 4 heteroatoms. The fraction of sp³-hybridized carbons (Fsp3) is 0.538. The fourth-order valence-electron chi connectivity index (χ4n) is 2.43. The fourth-order valence-corrected chi connectivity index (χ4v) is 2.75. The molecular formula is C13H19ClN2O. The van der Waals surface area contributed by atoms with Gasteiger partial charge in [-0.25, -0.2) is 0 Å². The number of para-hydroxylation sites is 1. The Morgan fingerprint density at radius 3 is 3.00 bits per heavy atom. The van der Waals surface area contributed by atoms with Gasteiger partial charge in [-0.1, -0.05) is 23.7 Å². The SMILES string of the molecule is CNCc1cccc(Cl)c1N1CCC(CO)C1. The van der Waals surface area contributed by atoms with Crippen LogP contribution in [0.3, 0.4) is 0 Å². The Bertz CT molecular complexity index is 384. The molecule has 17 heavy (non-hydrogen) atoms. The van der Waals surface area contributed by atoms with E-state index in [0.29, 0.717) is 5.92 Å². The van der Waals surface area contributed by atoms with E-state index in [-0.39, 0.29) is 6.61 Å². The largest absolute Gasteiger partial charge is 0.396 e. The summed E-state index contributed by atoms with van der Waals surface area (Å²) in [6.45, 7) is 2.96. The van der Waals surface area contributed by atoms with E-state index < -0.39 is 0 Å². The maximum absolute atomic E-state index is 9.20. The number of anilines is 1. The maximum atomic E-state index is 9.20. The molecule has 1 aliphatic rings. The number of halogens is 1. The lowest BCUT2D eigenvalue weighted by Crippen LogP contribution is -2.23. The monoisotopic (exact) mass is 254 g/mol. The van der Waals surface area contributed by atoms with Gasteiger partial charge in [0.1, 0.15) is 0 Å². The Kier molecular flexibility index (Phi) is 4.26. The van der Waals surface area contributed by atoms with Gasteiger partial charge in [0.05, 0.1) is 10.7 Å². The molecule has 0 radical (unpaired) electrons. The van der Waals surface area contributed by atoms with Gasteiger partial charge in [0.2, 0.25) is 0 Å². The van der Waals surface area contributed by atoms with Gasteiger partial charge in [-0.15, -0.1) is 0 Å². The molecule has 1 saturated heterocycles. The summed E-state index contributed by atoms with van der Waals surface area (Å²) < 4.78 is 0. The molecule has 0 aromatic heterocycles. The summed E-state index contributed by atoms with van der Waals surface area (Å²) in [5, 5.41) is 13.2. The lowest BCUT2D eigenvalue weighted by molar-refractivity contribution is 0.238. The number of hydrogen-bond acceptors (Lipinski definition) is 3. The van der Waals surface area contributed by atoms with Crippen molar-refractivity contribution >= 4 is 17.3 Å². The predicted molar refractivity (Wildman–Crippen MR) is 71.6 cm³/mol. The molecule has 1 aliphatic heterocycles. The van der Waals surface area contributed by atoms with Crippen LogP contribution < -0.4 is 10.2 Å². The van der Waals surface area contributed by atoms with Crippen LogP contribution in [0.25, 0.3) is 0 Å². The van der Waals surface area contributed by atoms with Crippen LogP contribution in [-0.4, -0.2) is 31.9 Å². The maximum Gasteiger partial charge on any atom is 0.0642 e. The summed E-state index contributed by atoms with van der Waals surface area (Å²) in [4.78, 5) is 2.29. The zero-order chi connectivity index (χ0) is 12.3. The van der Waals surface area contributed by atoms with Crippen molar-refractivity contribution in [3.8, 4) is 0 Å². The van der Waals surface area contributed by atoms with Gasteiger partial charge >= 0.3 is 0 Å². The van der Waals surface area contributed by atoms with E-state index in [9.17, 15) is 5.11 Å². The van der Waals surface area contributed by atoms with Crippen LogP contribution in [0.15, 0.2) is 18.2 Å². The minimum absolute atomic E-state index is 0.266. The molecule has 3 nitrogen and oxygen atoms in total. The van der Waals surface area contributed by atoms with Crippen LogP contribution in [0.2, 0.25) is 5.02 Å². The smallest absolute Gasteiger partial charge is 0.0642 e. The molecule has 0 amide bonds. The van der Waals surface area contributed by atoms with E-state index in [1.54, 1.807) is 0 Å². The molecule has 2 N–H and O–H groups in total. The standard InChI is InChI=1S/C13H19ClN2O/c1-15-7-11-3-2-4-12(14)13(11)16-6-5-10(8-16)9-17/h2-4,10,15,17H,5-9H2,1H3. The zero-order valence-electron chi connectivity index (χ0n) is 10.1. The van der Waals surface area contributed by atoms with Crippen molar-refractivity contribution in [2.24, 2.45) is 5.92 Å². The number of hydrogen-bond donors (Lipinski definition) is 2. The third-order valence-corrected chi connectivity index (χ3v) is 3.60. The van der Waals surface area contributed by atoms with Crippen molar-refractivity contribution in [1.82, 2.24) is 5.32 Å². The lowest BCUT2D eigenvalue weighted by atomic mass is 10.1. The van der Waals surface area contributed by atoms with Crippen LogP contribution in [0.4, 0.5) is 5.69 Å². The molecule has 1 unspecified atom stereocenters. The first-order valence-electron chi connectivity index (χ1n) is 6.04. The summed E-state index contributed by atoms with van der Waals surface area (Å²) in [5.41, 5.74) is 2.35. The average molecular weight is 255 g/mol. The van der Waals surface area contributed by atoms with Crippen LogP contribution in [-0.2, 0) is 6.54 Å². The van der Waals surface area contributed by atoms with Crippen molar-refractivity contribution in [2.45, 2.75) is 13.0 Å². The number of nitrogens with zero attached hydrogens (tertiary/aromatic N) is 1. The van der Waals surface area contributed by atoms with Crippen molar-refractivity contribution < 1.29 is 5.11 Å². The molecule has 1 aromatic carbocycles. The van der Waals surface area contributed by atoms with E-state index in [1.807, 2.05) is 19.2 Å². The van der Waals surface area contributed by atoms with E-state index in [0.717, 1.165) is 36.8 Å². The summed E-state index contributed by atoms with van der Waals surface area (Å²) >= 11 is 6.30. The van der Waals surface area contributed by atoms with Gasteiger partial charge in [-0.05, 0) is 25.1 Å². The topological polar surface area (TPSA) is 35.5 Å². The normalized spacial score (nSPS) is 19.9.